The van der Waals surface area contributed by atoms with Crippen molar-refractivity contribution in [3.63, 3.8) is 0 Å². The lowest BCUT2D eigenvalue weighted by atomic mass is 10.1. The molecule has 0 atom stereocenters. The van der Waals surface area contributed by atoms with Gasteiger partial charge in [-0.2, -0.15) is 10.1 Å². The number of aryl methyl sites for hydroxylation is 1. The molecule has 1 fully saturated rings. The van der Waals surface area contributed by atoms with E-state index < -0.39 is 0 Å². The molecule has 2 aromatic rings. The van der Waals surface area contributed by atoms with Crippen LogP contribution in [0.2, 0.25) is 0 Å². The second kappa shape index (κ2) is 6.52. The van der Waals surface area contributed by atoms with Crippen molar-refractivity contribution in [2.24, 2.45) is 0 Å². The van der Waals surface area contributed by atoms with Gasteiger partial charge < -0.3 is 10.6 Å². The molecule has 0 spiro atoms. The molecule has 0 saturated heterocycles. The lowest BCUT2D eigenvalue weighted by Gasteiger charge is -2.12. The summed E-state index contributed by atoms with van der Waals surface area (Å²) < 4.78 is 0. The van der Waals surface area contributed by atoms with Crippen LogP contribution in [0.15, 0.2) is 30.5 Å². The van der Waals surface area contributed by atoms with Crippen molar-refractivity contribution in [3.8, 4) is 0 Å². The zero-order chi connectivity index (χ0) is 14.5. The molecule has 5 nitrogen and oxygen atoms in total. The Morgan fingerprint density at radius 1 is 1.14 bits per heavy atom. The van der Waals surface area contributed by atoms with Crippen molar-refractivity contribution in [2.45, 2.75) is 45.1 Å². The van der Waals surface area contributed by atoms with Gasteiger partial charge in [-0.1, -0.05) is 31.9 Å². The van der Waals surface area contributed by atoms with Crippen LogP contribution in [0.3, 0.4) is 0 Å². The molecule has 5 heteroatoms. The van der Waals surface area contributed by atoms with E-state index in [0.29, 0.717) is 12.0 Å². The second-order valence-electron chi connectivity index (χ2n) is 5.47. The van der Waals surface area contributed by atoms with Gasteiger partial charge in [0.2, 0.25) is 5.95 Å². The highest BCUT2D eigenvalue weighted by Crippen LogP contribution is 2.21. The predicted octanol–water partition coefficient (Wildman–Crippen LogP) is 3.53. The van der Waals surface area contributed by atoms with Crippen molar-refractivity contribution < 1.29 is 0 Å². The van der Waals surface area contributed by atoms with E-state index in [1.165, 1.54) is 31.2 Å². The average Bonchev–Trinajstić information content (AvgIpc) is 3.01. The van der Waals surface area contributed by atoms with Crippen LogP contribution in [0.4, 0.5) is 17.5 Å². The maximum Gasteiger partial charge on any atom is 0.249 e. The van der Waals surface area contributed by atoms with Crippen LogP contribution in [-0.4, -0.2) is 21.2 Å². The van der Waals surface area contributed by atoms with Gasteiger partial charge in [0, 0.05) is 11.7 Å². The highest BCUT2D eigenvalue weighted by molar-refractivity contribution is 5.54. The first-order valence-electron chi connectivity index (χ1n) is 7.65. The number of nitrogens with one attached hydrogen (secondary N) is 2. The fourth-order valence-electron chi connectivity index (χ4n) is 2.66. The summed E-state index contributed by atoms with van der Waals surface area (Å²) in [6.07, 6.45) is 7.75. The van der Waals surface area contributed by atoms with Crippen LogP contribution < -0.4 is 10.6 Å². The molecule has 1 heterocycles. The number of hydrogen-bond donors (Lipinski definition) is 2. The third-order valence-corrected chi connectivity index (χ3v) is 3.88. The minimum absolute atomic E-state index is 0.526. The molecule has 21 heavy (non-hydrogen) atoms. The van der Waals surface area contributed by atoms with Gasteiger partial charge in [-0.15, -0.1) is 5.10 Å². The van der Waals surface area contributed by atoms with Crippen LogP contribution >= 0.6 is 0 Å². The van der Waals surface area contributed by atoms with E-state index in [9.17, 15) is 0 Å². The molecule has 1 aliphatic rings. The molecule has 1 aromatic heterocycles. The Bertz CT molecular complexity index is 575. The summed E-state index contributed by atoms with van der Waals surface area (Å²) in [7, 11) is 0. The summed E-state index contributed by atoms with van der Waals surface area (Å²) in [6, 6.07) is 8.82. The second-order valence-corrected chi connectivity index (χ2v) is 5.47. The van der Waals surface area contributed by atoms with E-state index in [2.05, 4.69) is 44.9 Å². The number of hydrogen-bond acceptors (Lipinski definition) is 5. The molecular weight excluding hydrogens is 262 g/mol. The van der Waals surface area contributed by atoms with Crippen LogP contribution in [0.25, 0.3) is 0 Å². The quantitative estimate of drug-likeness (QED) is 0.879. The highest BCUT2D eigenvalue weighted by atomic mass is 15.3. The Balaban J connectivity index is 1.66. The Kier molecular flexibility index (Phi) is 4.28. The molecule has 2 N–H and O–H groups in total. The van der Waals surface area contributed by atoms with E-state index in [1.807, 2.05) is 12.1 Å². The van der Waals surface area contributed by atoms with E-state index in [0.717, 1.165) is 17.9 Å². The fourth-order valence-corrected chi connectivity index (χ4v) is 2.66. The van der Waals surface area contributed by atoms with Gasteiger partial charge in [0.25, 0.3) is 0 Å². The topological polar surface area (TPSA) is 62.7 Å². The van der Waals surface area contributed by atoms with E-state index in [4.69, 9.17) is 0 Å². The monoisotopic (exact) mass is 283 g/mol. The van der Waals surface area contributed by atoms with Gasteiger partial charge in [-0.25, -0.2) is 0 Å². The smallest absolute Gasteiger partial charge is 0.249 e. The number of anilines is 3. The first kappa shape index (κ1) is 13.8. The van der Waals surface area contributed by atoms with Crippen molar-refractivity contribution in [3.05, 3.63) is 36.0 Å². The zero-order valence-corrected chi connectivity index (χ0v) is 12.3. The molecule has 110 valence electrons. The summed E-state index contributed by atoms with van der Waals surface area (Å²) in [5.74, 6) is 1.33. The molecular formula is C16H21N5. The van der Waals surface area contributed by atoms with Gasteiger partial charge >= 0.3 is 0 Å². The Labute approximate surface area is 125 Å². The third kappa shape index (κ3) is 3.68. The molecule has 0 radical (unpaired) electrons. The Morgan fingerprint density at radius 3 is 2.62 bits per heavy atom. The molecule has 0 unspecified atom stereocenters. The number of nitrogens with zero attached hydrogens (tertiary/aromatic N) is 3. The van der Waals surface area contributed by atoms with E-state index >= 15 is 0 Å². The first-order valence-corrected chi connectivity index (χ1v) is 7.65. The molecule has 3 rings (SSSR count). The Hall–Kier alpha value is -2.17. The average molecular weight is 283 g/mol. The van der Waals surface area contributed by atoms with Crippen molar-refractivity contribution in [1.82, 2.24) is 15.2 Å². The molecule has 1 aliphatic carbocycles. The van der Waals surface area contributed by atoms with Crippen LogP contribution in [-0.2, 0) is 6.42 Å². The summed E-state index contributed by atoms with van der Waals surface area (Å²) in [5, 5.41) is 14.7. The highest BCUT2D eigenvalue weighted by Gasteiger charge is 2.15. The minimum Gasteiger partial charge on any atom is -0.366 e. The molecule has 0 aliphatic heterocycles. The van der Waals surface area contributed by atoms with Gasteiger partial charge in [0.1, 0.15) is 0 Å². The number of aromatic nitrogens is 3. The fraction of sp³-hybridized carbons (Fsp3) is 0.438. The standard InChI is InChI=1S/C16H21N5/c1-2-12-7-9-14(10-8-12)19-16-20-15(11-17-21-16)18-13-5-3-4-6-13/h7-11,13H,2-6H2,1H3,(H2,18,19,20,21). The maximum absolute atomic E-state index is 4.48. The normalized spacial score (nSPS) is 15.1. The zero-order valence-electron chi connectivity index (χ0n) is 12.3. The SMILES string of the molecule is CCc1ccc(Nc2nncc(NC3CCCC3)n2)cc1. The van der Waals surface area contributed by atoms with Crippen molar-refractivity contribution in [1.29, 1.82) is 0 Å². The number of benzene rings is 1. The summed E-state index contributed by atoms with van der Waals surface area (Å²) in [5.41, 5.74) is 2.29. The van der Waals surface area contributed by atoms with E-state index in [-0.39, 0.29) is 0 Å². The van der Waals surface area contributed by atoms with Crippen LogP contribution in [0.1, 0.15) is 38.2 Å². The van der Waals surface area contributed by atoms with Crippen LogP contribution in [0.5, 0.6) is 0 Å². The largest absolute Gasteiger partial charge is 0.366 e. The van der Waals surface area contributed by atoms with Crippen molar-refractivity contribution in [2.75, 3.05) is 10.6 Å². The van der Waals surface area contributed by atoms with Gasteiger partial charge in [0.05, 0.1) is 6.20 Å². The maximum atomic E-state index is 4.48. The third-order valence-electron chi connectivity index (χ3n) is 3.88. The summed E-state index contributed by atoms with van der Waals surface area (Å²) in [6.45, 7) is 2.15. The van der Waals surface area contributed by atoms with Crippen molar-refractivity contribution >= 4 is 17.5 Å². The Morgan fingerprint density at radius 2 is 1.90 bits per heavy atom. The van der Waals surface area contributed by atoms with Gasteiger partial charge in [-0.05, 0) is 37.0 Å². The minimum atomic E-state index is 0.526. The predicted molar refractivity (Wildman–Crippen MR) is 84.8 cm³/mol. The number of rotatable bonds is 5. The van der Waals surface area contributed by atoms with Gasteiger partial charge in [0.15, 0.2) is 5.82 Å². The summed E-state index contributed by atoms with van der Waals surface area (Å²) >= 11 is 0. The lowest BCUT2D eigenvalue weighted by Crippen LogP contribution is -2.16. The van der Waals surface area contributed by atoms with Crippen LogP contribution in [0, 0.1) is 0 Å². The molecule has 1 saturated carbocycles. The molecule has 0 bridgehead atoms. The molecule has 0 amide bonds. The summed E-state index contributed by atoms with van der Waals surface area (Å²) in [4.78, 5) is 4.48. The lowest BCUT2D eigenvalue weighted by molar-refractivity contribution is 0.747. The van der Waals surface area contributed by atoms with E-state index in [1.54, 1.807) is 6.20 Å². The first-order chi connectivity index (χ1) is 10.3. The van der Waals surface area contributed by atoms with Gasteiger partial charge in [-0.3, -0.25) is 0 Å². The molecule has 1 aromatic carbocycles.